The first-order valence-electron chi connectivity index (χ1n) is 9.45. The van der Waals surface area contributed by atoms with E-state index in [1.165, 1.54) is 0 Å². The Morgan fingerprint density at radius 1 is 1.14 bits per heavy atom. The van der Waals surface area contributed by atoms with Gasteiger partial charge in [-0.3, -0.25) is 0 Å². The fraction of sp³-hybridized carbons (Fsp3) is 0.300. The molecule has 1 saturated heterocycles. The van der Waals surface area contributed by atoms with E-state index in [0.29, 0.717) is 24.7 Å². The Hall–Kier alpha value is -3.26. The van der Waals surface area contributed by atoms with Crippen LogP contribution in [0, 0.1) is 0 Å². The molecule has 0 spiro atoms. The van der Waals surface area contributed by atoms with E-state index in [2.05, 4.69) is 25.5 Å². The van der Waals surface area contributed by atoms with Gasteiger partial charge in [-0.15, -0.1) is 0 Å². The van der Waals surface area contributed by atoms with E-state index < -0.39 is 0 Å². The summed E-state index contributed by atoms with van der Waals surface area (Å²) in [5.41, 5.74) is 2.76. The third-order valence-corrected chi connectivity index (χ3v) is 4.77. The number of ether oxygens (including phenoxy) is 1. The van der Waals surface area contributed by atoms with Crippen LogP contribution in [0.5, 0.6) is 0 Å². The summed E-state index contributed by atoms with van der Waals surface area (Å²) in [6.07, 6.45) is 4.31. The molecule has 8 heteroatoms. The standard InChI is InChI=1S/C20H20N6O2/c1-2-5-14(6-3-1)15-13-19(26-18(23-15)9-11-22-26)21-10-8-17-24-20(28-25-17)16-7-4-12-27-16/h1-3,5-6,9,11,13,16,21H,4,7-8,10,12H2/t16-/m0/s1. The second kappa shape index (κ2) is 7.40. The molecule has 0 aliphatic carbocycles. The number of nitrogens with zero attached hydrogens (tertiary/aromatic N) is 5. The highest BCUT2D eigenvalue weighted by atomic mass is 16.5. The van der Waals surface area contributed by atoms with Crippen LogP contribution in [0.1, 0.15) is 30.7 Å². The topological polar surface area (TPSA) is 90.4 Å². The molecule has 0 amide bonds. The Kier molecular flexibility index (Phi) is 4.46. The lowest BCUT2D eigenvalue weighted by atomic mass is 10.1. The molecule has 28 heavy (non-hydrogen) atoms. The summed E-state index contributed by atoms with van der Waals surface area (Å²) in [5.74, 6) is 2.13. The van der Waals surface area contributed by atoms with E-state index in [1.807, 2.05) is 42.5 Å². The van der Waals surface area contributed by atoms with Gasteiger partial charge in [-0.2, -0.15) is 14.6 Å². The number of anilines is 1. The van der Waals surface area contributed by atoms with Crippen molar-refractivity contribution >= 4 is 11.5 Å². The average Bonchev–Trinajstić information content (AvgIpc) is 3.49. The molecule has 8 nitrogen and oxygen atoms in total. The van der Waals surface area contributed by atoms with Crippen LogP contribution < -0.4 is 5.32 Å². The quantitative estimate of drug-likeness (QED) is 0.552. The zero-order valence-corrected chi connectivity index (χ0v) is 15.3. The highest BCUT2D eigenvalue weighted by Gasteiger charge is 2.23. The first-order chi connectivity index (χ1) is 13.9. The minimum atomic E-state index is -0.0495. The molecule has 0 bridgehead atoms. The fourth-order valence-corrected chi connectivity index (χ4v) is 3.37. The zero-order valence-electron chi connectivity index (χ0n) is 15.3. The number of fused-ring (bicyclic) bond motifs is 1. The zero-order chi connectivity index (χ0) is 18.8. The average molecular weight is 376 g/mol. The molecular formula is C20H20N6O2. The number of aromatic nitrogens is 5. The SMILES string of the molecule is c1ccc(-c2cc(NCCc3noc([C@@H]4CCCO4)n3)n3nccc3n2)cc1. The smallest absolute Gasteiger partial charge is 0.255 e. The highest BCUT2D eigenvalue weighted by Crippen LogP contribution is 2.27. The van der Waals surface area contributed by atoms with Crippen molar-refractivity contribution < 1.29 is 9.26 Å². The van der Waals surface area contributed by atoms with Gasteiger partial charge in [-0.05, 0) is 12.8 Å². The molecule has 1 fully saturated rings. The van der Waals surface area contributed by atoms with Gasteiger partial charge in [0.1, 0.15) is 11.9 Å². The summed E-state index contributed by atoms with van der Waals surface area (Å²) < 4.78 is 12.7. The second-order valence-electron chi connectivity index (χ2n) is 6.72. The fourth-order valence-electron chi connectivity index (χ4n) is 3.37. The van der Waals surface area contributed by atoms with E-state index in [9.17, 15) is 0 Å². The minimum Gasteiger partial charge on any atom is -0.369 e. The van der Waals surface area contributed by atoms with E-state index in [0.717, 1.165) is 42.2 Å². The number of rotatable bonds is 6. The first kappa shape index (κ1) is 16.9. The van der Waals surface area contributed by atoms with Crippen LogP contribution in [0.15, 0.2) is 53.2 Å². The largest absolute Gasteiger partial charge is 0.369 e. The summed E-state index contributed by atoms with van der Waals surface area (Å²) in [6, 6.07) is 14.0. The van der Waals surface area contributed by atoms with Gasteiger partial charge >= 0.3 is 0 Å². The number of nitrogens with one attached hydrogen (secondary N) is 1. The lowest BCUT2D eigenvalue weighted by Crippen LogP contribution is -2.10. The minimum absolute atomic E-state index is 0.0495. The van der Waals surface area contributed by atoms with Crippen LogP contribution >= 0.6 is 0 Å². The third-order valence-electron chi connectivity index (χ3n) is 4.77. The molecule has 142 valence electrons. The van der Waals surface area contributed by atoms with Crippen molar-refractivity contribution in [1.29, 1.82) is 0 Å². The van der Waals surface area contributed by atoms with Crippen LogP contribution in [0.25, 0.3) is 16.9 Å². The van der Waals surface area contributed by atoms with Crippen LogP contribution in [0.3, 0.4) is 0 Å². The summed E-state index contributed by atoms with van der Waals surface area (Å²) in [6.45, 7) is 1.41. The van der Waals surface area contributed by atoms with Gasteiger partial charge < -0.3 is 14.6 Å². The molecule has 5 rings (SSSR count). The molecule has 0 unspecified atom stereocenters. The number of benzene rings is 1. The maximum Gasteiger partial charge on any atom is 0.255 e. The van der Waals surface area contributed by atoms with Gasteiger partial charge in [0.2, 0.25) is 0 Å². The molecule has 0 radical (unpaired) electrons. The van der Waals surface area contributed by atoms with Crippen LogP contribution in [0.4, 0.5) is 5.82 Å². The lowest BCUT2D eigenvalue weighted by molar-refractivity contribution is 0.0835. The number of hydrogen-bond acceptors (Lipinski definition) is 7. The summed E-state index contributed by atoms with van der Waals surface area (Å²) >= 11 is 0. The molecular weight excluding hydrogens is 356 g/mol. The molecule has 4 heterocycles. The van der Waals surface area contributed by atoms with Gasteiger partial charge in [-0.1, -0.05) is 35.5 Å². The Morgan fingerprint density at radius 2 is 2.07 bits per heavy atom. The van der Waals surface area contributed by atoms with Crippen molar-refractivity contribution in [3.05, 3.63) is 60.4 Å². The van der Waals surface area contributed by atoms with Gasteiger partial charge in [-0.25, -0.2) is 4.98 Å². The van der Waals surface area contributed by atoms with Crippen molar-refractivity contribution in [3.63, 3.8) is 0 Å². The van der Waals surface area contributed by atoms with Crippen molar-refractivity contribution in [2.45, 2.75) is 25.4 Å². The molecule has 1 aliphatic heterocycles. The first-order valence-corrected chi connectivity index (χ1v) is 9.45. The molecule has 1 atom stereocenters. The van der Waals surface area contributed by atoms with Crippen LogP contribution in [-0.2, 0) is 11.2 Å². The van der Waals surface area contributed by atoms with Crippen LogP contribution in [0.2, 0.25) is 0 Å². The lowest BCUT2D eigenvalue weighted by Gasteiger charge is -2.10. The predicted octanol–water partition coefficient (Wildman–Crippen LogP) is 3.29. The molecule has 4 aromatic rings. The highest BCUT2D eigenvalue weighted by molar-refractivity contribution is 5.66. The molecule has 3 aromatic heterocycles. The summed E-state index contributed by atoms with van der Waals surface area (Å²) in [7, 11) is 0. The van der Waals surface area contributed by atoms with E-state index in [4.69, 9.17) is 9.26 Å². The molecule has 1 aromatic carbocycles. The monoisotopic (exact) mass is 376 g/mol. The van der Waals surface area contributed by atoms with E-state index in [1.54, 1.807) is 10.7 Å². The van der Waals surface area contributed by atoms with Gasteiger partial charge in [0.05, 0.1) is 11.9 Å². The van der Waals surface area contributed by atoms with Gasteiger partial charge in [0.25, 0.3) is 5.89 Å². The van der Waals surface area contributed by atoms with E-state index >= 15 is 0 Å². The number of hydrogen-bond donors (Lipinski definition) is 1. The van der Waals surface area contributed by atoms with Gasteiger partial charge in [0.15, 0.2) is 11.5 Å². The maximum atomic E-state index is 5.59. The Morgan fingerprint density at radius 3 is 2.93 bits per heavy atom. The van der Waals surface area contributed by atoms with Crippen LogP contribution in [-0.4, -0.2) is 37.9 Å². The Balaban J connectivity index is 1.32. The molecule has 0 saturated carbocycles. The predicted molar refractivity (Wildman–Crippen MR) is 103 cm³/mol. The Labute approximate surface area is 161 Å². The van der Waals surface area contributed by atoms with Crippen molar-refractivity contribution in [2.24, 2.45) is 0 Å². The third kappa shape index (κ3) is 3.34. The van der Waals surface area contributed by atoms with E-state index in [-0.39, 0.29) is 6.10 Å². The normalized spacial score (nSPS) is 16.6. The molecule has 1 N–H and O–H groups in total. The Bertz CT molecular complexity index is 1070. The summed E-state index contributed by atoms with van der Waals surface area (Å²) in [4.78, 5) is 9.15. The summed E-state index contributed by atoms with van der Waals surface area (Å²) in [5, 5.41) is 11.8. The van der Waals surface area contributed by atoms with Crippen molar-refractivity contribution in [1.82, 2.24) is 24.7 Å². The van der Waals surface area contributed by atoms with Gasteiger partial charge in [0, 0.05) is 37.3 Å². The maximum absolute atomic E-state index is 5.59. The van der Waals surface area contributed by atoms with Crippen molar-refractivity contribution in [2.75, 3.05) is 18.5 Å². The van der Waals surface area contributed by atoms with Crippen molar-refractivity contribution in [3.8, 4) is 11.3 Å². The second-order valence-corrected chi connectivity index (χ2v) is 6.72. The molecule has 1 aliphatic rings.